The van der Waals surface area contributed by atoms with E-state index in [9.17, 15) is 18.7 Å². The van der Waals surface area contributed by atoms with Crippen LogP contribution in [0.5, 0.6) is 0 Å². The smallest absolute Gasteiger partial charge is 0.227 e. The lowest BCUT2D eigenvalue weighted by atomic mass is 9.99. The van der Waals surface area contributed by atoms with Gasteiger partial charge in [-0.05, 0) is 69.4 Å². The Morgan fingerprint density at radius 3 is 2.70 bits per heavy atom. The normalized spacial score (nSPS) is 18.1. The average Bonchev–Trinajstić information content (AvgIpc) is 3.37. The van der Waals surface area contributed by atoms with Crippen LogP contribution in [0.25, 0.3) is 27.3 Å². The Kier molecular flexibility index (Phi) is 7.07. The van der Waals surface area contributed by atoms with Crippen molar-refractivity contribution in [2.45, 2.75) is 70.7 Å². The third kappa shape index (κ3) is 5.23. The summed E-state index contributed by atoms with van der Waals surface area (Å²) in [5.74, 6) is -0.915. The van der Waals surface area contributed by atoms with Crippen molar-refractivity contribution in [2.24, 2.45) is 0 Å². The summed E-state index contributed by atoms with van der Waals surface area (Å²) in [4.78, 5) is 24.8. The lowest BCUT2D eigenvalue weighted by Crippen LogP contribution is -2.39. The number of aryl methyl sites for hydroxylation is 2. The van der Waals surface area contributed by atoms with Crippen molar-refractivity contribution >= 4 is 34.0 Å². The zero-order valence-electron chi connectivity index (χ0n) is 23.7. The Morgan fingerprint density at radius 2 is 1.95 bits per heavy atom. The topological polar surface area (TPSA) is 109 Å². The molecular weight excluding hydrogens is 574 g/mol. The maximum atomic E-state index is 14.4. The number of anilines is 1. The third-order valence-corrected chi connectivity index (χ3v) is 8.94. The van der Waals surface area contributed by atoms with Crippen LogP contribution in [0.3, 0.4) is 0 Å². The molecule has 12 heteroatoms. The molecule has 4 heterocycles. The van der Waals surface area contributed by atoms with E-state index in [0.717, 1.165) is 53.0 Å². The number of piperidine rings is 1. The van der Waals surface area contributed by atoms with Crippen LogP contribution in [0, 0.1) is 25.5 Å². The summed E-state index contributed by atoms with van der Waals surface area (Å²) < 4.78 is 35.5. The van der Waals surface area contributed by atoms with E-state index in [1.807, 2.05) is 42.0 Å². The number of benzene rings is 2. The van der Waals surface area contributed by atoms with Gasteiger partial charge in [0.25, 0.3) is 0 Å². The summed E-state index contributed by atoms with van der Waals surface area (Å²) in [5, 5.41) is 20.3. The van der Waals surface area contributed by atoms with Crippen molar-refractivity contribution in [1.29, 1.82) is 0 Å². The summed E-state index contributed by atoms with van der Waals surface area (Å²) in [7, 11) is 0. The number of nitrogens with one attached hydrogen (secondary N) is 1. The quantitative estimate of drug-likeness (QED) is 0.212. The van der Waals surface area contributed by atoms with Gasteiger partial charge in [-0.15, -0.1) is 11.3 Å². The van der Waals surface area contributed by atoms with Gasteiger partial charge in [0.2, 0.25) is 5.91 Å². The zero-order chi connectivity index (χ0) is 29.8. The monoisotopic (exact) mass is 604 g/mol. The molecule has 222 valence electrons. The van der Waals surface area contributed by atoms with Crippen molar-refractivity contribution in [3.8, 4) is 16.3 Å². The highest BCUT2D eigenvalue weighted by Gasteiger charge is 2.35. The van der Waals surface area contributed by atoms with E-state index in [-0.39, 0.29) is 11.6 Å². The minimum atomic E-state index is -1.02. The van der Waals surface area contributed by atoms with Gasteiger partial charge in [-0.2, -0.15) is 0 Å². The minimum Gasteiger partial charge on any atom is -0.378 e. The Morgan fingerprint density at radius 1 is 1.12 bits per heavy atom. The number of carbonyl (C=O) groups excluding carboxylic acids is 1. The summed E-state index contributed by atoms with van der Waals surface area (Å²) in [6.07, 6.45) is 3.28. The summed E-state index contributed by atoms with van der Waals surface area (Å²) in [6.45, 7) is 3.75. The van der Waals surface area contributed by atoms with E-state index in [4.69, 9.17) is 14.5 Å². The molecule has 7 rings (SSSR count). The molecule has 2 N–H and O–H groups in total. The van der Waals surface area contributed by atoms with Gasteiger partial charge in [0.1, 0.15) is 17.8 Å². The number of halogens is 2. The Bertz CT molecular complexity index is 1820. The highest BCUT2D eigenvalue weighted by atomic mass is 32.1. The molecule has 2 atom stereocenters. The highest BCUT2D eigenvalue weighted by molar-refractivity contribution is 7.12. The number of hydrogen-bond donors (Lipinski definition) is 2. The van der Waals surface area contributed by atoms with Crippen LogP contribution < -0.4 is 10.2 Å². The van der Waals surface area contributed by atoms with E-state index < -0.39 is 23.9 Å². The van der Waals surface area contributed by atoms with Gasteiger partial charge < -0.3 is 14.5 Å². The van der Waals surface area contributed by atoms with Crippen molar-refractivity contribution in [2.75, 3.05) is 4.90 Å². The van der Waals surface area contributed by atoms with Crippen LogP contribution in [0.1, 0.15) is 61.1 Å². The van der Waals surface area contributed by atoms with E-state index in [1.54, 1.807) is 0 Å². The van der Waals surface area contributed by atoms with E-state index in [2.05, 4.69) is 10.5 Å². The zero-order valence-corrected chi connectivity index (χ0v) is 24.5. The Balaban J connectivity index is 1.36. The van der Waals surface area contributed by atoms with Gasteiger partial charge in [0.05, 0.1) is 28.5 Å². The molecule has 2 aromatic carbocycles. The molecule has 9 nitrogen and oxygen atoms in total. The number of amides is 1. The molecule has 1 saturated heterocycles. The standard InChI is InChI=1S/C31H30F2N6O3S/c1-16-29(17(2)42-37-16)18-6-11-25-24(12-18)36-30(39(25)31-35-20(15-43-31)13-27(40)34-19-7-8-19)26-4-3-5-28(41)38(26)21-9-10-22(32)23(33)14-21/h6,9-12,14-15,19,26-27,34,40H,3-5,7-8,13H2,1-2H3/t26-,27?/m0/s1. The van der Waals surface area contributed by atoms with Gasteiger partial charge >= 0.3 is 0 Å². The molecule has 2 aliphatic rings. The average molecular weight is 605 g/mol. The van der Waals surface area contributed by atoms with E-state index in [1.165, 1.54) is 22.3 Å². The van der Waals surface area contributed by atoms with Crippen LogP contribution in [0.2, 0.25) is 0 Å². The van der Waals surface area contributed by atoms with E-state index in [0.29, 0.717) is 54.0 Å². The van der Waals surface area contributed by atoms with Gasteiger partial charge in [-0.1, -0.05) is 11.2 Å². The lowest BCUT2D eigenvalue weighted by molar-refractivity contribution is -0.120. The van der Waals surface area contributed by atoms with Gasteiger partial charge in [0, 0.05) is 41.6 Å². The number of hydrogen-bond acceptors (Lipinski definition) is 8. The Hall–Kier alpha value is -4.00. The molecule has 1 saturated carbocycles. The SMILES string of the molecule is Cc1noc(C)c1-c1ccc2c(c1)nc([C@@H]1CCCC(=O)N1c1ccc(F)c(F)c1)n2-c1nc(CC(O)NC2CC2)cs1. The molecule has 0 radical (unpaired) electrons. The van der Waals surface area contributed by atoms with Gasteiger partial charge in [-0.25, -0.2) is 18.7 Å². The molecule has 1 amide bonds. The predicted octanol–water partition coefficient (Wildman–Crippen LogP) is 5.90. The van der Waals surface area contributed by atoms with Crippen molar-refractivity contribution in [3.63, 3.8) is 0 Å². The predicted molar refractivity (Wildman–Crippen MR) is 158 cm³/mol. The molecule has 5 aromatic rings. The first-order valence-corrected chi connectivity index (χ1v) is 15.3. The number of thiazole rings is 1. The Labute approximate surface area is 250 Å². The largest absolute Gasteiger partial charge is 0.378 e. The fourth-order valence-corrected chi connectivity index (χ4v) is 6.78. The highest BCUT2D eigenvalue weighted by Crippen LogP contribution is 2.40. The molecule has 43 heavy (non-hydrogen) atoms. The molecule has 1 aliphatic heterocycles. The van der Waals surface area contributed by atoms with Gasteiger partial charge in [0.15, 0.2) is 16.8 Å². The molecule has 0 bridgehead atoms. The second-order valence-electron chi connectivity index (χ2n) is 11.3. The minimum absolute atomic E-state index is 0.189. The lowest BCUT2D eigenvalue weighted by Gasteiger charge is -2.35. The molecule has 1 aliphatic carbocycles. The summed E-state index contributed by atoms with van der Waals surface area (Å²) in [5.41, 5.74) is 5.03. The number of rotatable bonds is 8. The van der Waals surface area contributed by atoms with Crippen LogP contribution in [0.15, 0.2) is 46.3 Å². The molecular formula is C31H30F2N6O3S. The number of fused-ring (bicyclic) bond motifs is 1. The third-order valence-electron chi connectivity index (χ3n) is 8.07. The second-order valence-corrected chi connectivity index (χ2v) is 12.1. The summed E-state index contributed by atoms with van der Waals surface area (Å²) >= 11 is 1.42. The van der Waals surface area contributed by atoms with Crippen molar-refractivity contribution < 1.29 is 23.2 Å². The van der Waals surface area contributed by atoms with Gasteiger partial charge in [-0.3, -0.25) is 14.7 Å². The summed E-state index contributed by atoms with van der Waals surface area (Å²) in [6, 6.07) is 9.24. The maximum absolute atomic E-state index is 14.4. The number of imidazole rings is 1. The fourth-order valence-electron chi connectivity index (χ4n) is 5.92. The number of aliphatic hydroxyl groups is 1. The van der Waals surface area contributed by atoms with Crippen LogP contribution in [-0.2, 0) is 11.2 Å². The van der Waals surface area contributed by atoms with Crippen molar-refractivity contribution in [1.82, 2.24) is 25.0 Å². The molecule has 1 unspecified atom stereocenters. The van der Waals surface area contributed by atoms with Crippen LogP contribution in [-0.4, -0.2) is 43.0 Å². The number of aromatic nitrogens is 4. The number of aliphatic hydroxyl groups excluding tert-OH is 1. The molecule has 0 spiro atoms. The first-order valence-electron chi connectivity index (χ1n) is 14.4. The second kappa shape index (κ2) is 10.9. The maximum Gasteiger partial charge on any atom is 0.227 e. The number of nitrogens with zero attached hydrogens (tertiary/aromatic N) is 5. The van der Waals surface area contributed by atoms with Crippen LogP contribution >= 0.6 is 11.3 Å². The first kappa shape index (κ1) is 27.8. The number of carbonyl (C=O) groups is 1. The fraction of sp³-hybridized carbons (Fsp3) is 0.355. The van der Waals surface area contributed by atoms with Crippen molar-refractivity contribution in [3.05, 3.63) is 76.4 Å². The van der Waals surface area contributed by atoms with Crippen LogP contribution in [0.4, 0.5) is 14.5 Å². The molecule has 3 aromatic heterocycles. The molecule has 2 fully saturated rings. The first-order chi connectivity index (χ1) is 20.8. The van der Waals surface area contributed by atoms with E-state index >= 15 is 0 Å².